The molecule has 0 radical (unpaired) electrons. The van der Waals surface area contributed by atoms with Crippen molar-refractivity contribution in [1.82, 2.24) is 15.0 Å². The van der Waals surface area contributed by atoms with Crippen LogP contribution in [-0.4, -0.2) is 40.1 Å². The molecule has 0 bridgehead atoms. The summed E-state index contributed by atoms with van der Waals surface area (Å²) in [5.74, 6) is 1.28. The topological polar surface area (TPSA) is 62.5 Å². The van der Waals surface area contributed by atoms with E-state index in [1.165, 1.54) is 5.56 Å². The summed E-state index contributed by atoms with van der Waals surface area (Å²) in [4.78, 5) is 21.0. The molecule has 6 nitrogen and oxygen atoms in total. The van der Waals surface area contributed by atoms with Crippen LogP contribution in [0.15, 0.2) is 28.8 Å². The summed E-state index contributed by atoms with van der Waals surface area (Å²) >= 11 is 0. The zero-order chi connectivity index (χ0) is 16.4. The van der Waals surface area contributed by atoms with Crippen molar-refractivity contribution < 1.29 is 9.32 Å². The van der Waals surface area contributed by atoms with Crippen molar-refractivity contribution in [3.8, 4) is 0 Å². The number of anilines is 1. The maximum Gasteiger partial charge on any atom is 0.241 e. The van der Waals surface area contributed by atoms with Gasteiger partial charge in [-0.15, -0.1) is 0 Å². The fraction of sp³-hybridized carbons (Fsp3) is 0.471. The summed E-state index contributed by atoms with van der Waals surface area (Å²) < 4.78 is 5.00. The molecule has 1 aliphatic heterocycles. The van der Waals surface area contributed by atoms with E-state index >= 15 is 0 Å². The van der Waals surface area contributed by atoms with Gasteiger partial charge in [-0.1, -0.05) is 30.3 Å². The van der Waals surface area contributed by atoms with Crippen molar-refractivity contribution in [2.75, 3.05) is 18.0 Å². The molecule has 0 aliphatic carbocycles. The smallest absolute Gasteiger partial charge is 0.241 e. The first kappa shape index (κ1) is 15.7. The summed E-state index contributed by atoms with van der Waals surface area (Å²) in [6.07, 6.45) is 0.915. The molecule has 1 amide bonds. The predicted octanol–water partition coefficient (Wildman–Crippen LogP) is 2.18. The Morgan fingerprint density at radius 1 is 1.43 bits per heavy atom. The van der Waals surface area contributed by atoms with Gasteiger partial charge < -0.3 is 9.42 Å². The van der Waals surface area contributed by atoms with E-state index in [2.05, 4.69) is 23.1 Å². The third-order valence-corrected chi connectivity index (χ3v) is 4.22. The van der Waals surface area contributed by atoms with E-state index in [9.17, 15) is 4.79 Å². The van der Waals surface area contributed by atoms with Crippen LogP contribution in [0.4, 0.5) is 5.69 Å². The van der Waals surface area contributed by atoms with Gasteiger partial charge in [0.2, 0.25) is 11.8 Å². The average Bonchev–Trinajstić information content (AvgIpc) is 3.08. The molecule has 0 N–H and O–H groups in total. The number of likely N-dealkylation sites (N-methyl/N-ethyl adjacent to an activating group) is 1. The van der Waals surface area contributed by atoms with Gasteiger partial charge in [-0.3, -0.25) is 9.69 Å². The minimum Gasteiger partial charge on any atom is -0.340 e. The third kappa shape index (κ3) is 3.27. The molecule has 23 heavy (non-hydrogen) atoms. The molecular weight excluding hydrogens is 292 g/mol. The minimum atomic E-state index is 0.115. The highest BCUT2D eigenvalue weighted by Crippen LogP contribution is 2.31. The van der Waals surface area contributed by atoms with Gasteiger partial charge >= 0.3 is 0 Å². The Morgan fingerprint density at radius 2 is 2.22 bits per heavy atom. The van der Waals surface area contributed by atoms with Gasteiger partial charge in [0.05, 0.1) is 13.1 Å². The van der Waals surface area contributed by atoms with Gasteiger partial charge in [-0.25, -0.2) is 0 Å². The van der Waals surface area contributed by atoms with Gasteiger partial charge in [-0.05, 0) is 31.5 Å². The van der Waals surface area contributed by atoms with Crippen LogP contribution in [0.25, 0.3) is 0 Å². The number of rotatable bonds is 5. The maximum absolute atomic E-state index is 12.8. The maximum atomic E-state index is 12.8. The first-order chi connectivity index (χ1) is 11.1. The number of carbonyl (C=O) groups is 1. The Bertz CT molecular complexity index is 697. The zero-order valence-corrected chi connectivity index (χ0v) is 13.8. The highest BCUT2D eigenvalue weighted by atomic mass is 16.5. The van der Waals surface area contributed by atoms with Crippen LogP contribution in [0.5, 0.6) is 0 Å². The van der Waals surface area contributed by atoms with Crippen molar-refractivity contribution in [3.63, 3.8) is 0 Å². The molecule has 1 atom stereocenters. The van der Waals surface area contributed by atoms with Crippen molar-refractivity contribution in [2.24, 2.45) is 0 Å². The van der Waals surface area contributed by atoms with E-state index in [0.717, 1.165) is 18.7 Å². The summed E-state index contributed by atoms with van der Waals surface area (Å²) in [5, 5.41) is 3.91. The second kappa shape index (κ2) is 6.50. The summed E-state index contributed by atoms with van der Waals surface area (Å²) in [6.45, 7) is 7.51. The van der Waals surface area contributed by atoms with E-state index in [0.29, 0.717) is 24.8 Å². The molecule has 6 heteroatoms. The van der Waals surface area contributed by atoms with Crippen LogP contribution >= 0.6 is 0 Å². The van der Waals surface area contributed by atoms with Gasteiger partial charge in [0, 0.05) is 18.7 Å². The first-order valence-electron chi connectivity index (χ1n) is 8.00. The Hall–Kier alpha value is -2.21. The van der Waals surface area contributed by atoms with E-state index in [4.69, 9.17) is 4.52 Å². The van der Waals surface area contributed by atoms with Crippen LogP contribution in [0.3, 0.4) is 0 Å². The van der Waals surface area contributed by atoms with Gasteiger partial charge in [0.1, 0.15) is 0 Å². The van der Waals surface area contributed by atoms with Crippen LogP contribution in [0.1, 0.15) is 31.1 Å². The number of amides is 1. The number of hydrogen-bond donors (Lipinski definition) is 0. The van der Waals surface area contributed by atoms with E-state index in [-0.39, 0.29) is 11.9 Å². The Labute approximate surface area is 136 Å². The van der Waals surface area contributed by atoms with E-state index in [1.807, 2.05) is 34.9 Å². The molecule has 0 saturated heterocycles. The lowest BCUT2D eigenvalue weighted by molar-refractivity contribution is -0.120. The van der Waals surface area contributed by atoms with Crippen molar-refractivity contribution in [2.45, 2.75) is 39.8 Å². The summed E-state index contributed by atoms with van der Waals surface area (Å²) in [6, 6.07) is 8.33. The standard InChI is InChI=1S/C17H22N4O2/c1-4-20(10-16-18-13(3)23-19-16)11-17(22)21-12(2)9-14-7-5-6-8-15(14)21/h5-8,12H,4,9-11H2,1-3H3/t12-/m1/s1. The quantitative estimate of drug-likeness (QED) is 0.846. The second-order valence-electron chi connectivity index (χ2n) is 5.98. The van der Waals surface area contributed by atoms with Crippen molar-refractivity contribution in [1.29, 1.82) is 0 Å². The van der Waals surface area contributed by atoms with Gasteiger partial charge in [-0.2, -0.15) is 4.98 Å². The molecule has 0 saturated carbocycles. The molecule has 0 unspecified atom stereocenters. The lowest BCUT2D eigenvalue weighted by Gasteiger charge is -2.26. The van der Waals surface area contributed by atoms with Crippen LogP contribution in [0, 0.1) is 6.92 Å². The Morgan fingerprint density at radius 3 is 2.91 bits per heavy atom. The SMILES string of the molecule is CCN(CC(=O)N1c2ccccc2C[C@H]1C)Cc1noc(C)n1. The van der Waals surface area contributed by atoms with Gasteiger partial charge in [0.25, 0.3) is 0 Å². The lowest BCUT2D eigenvalue weighted by Crippen LogP contribution is -2.43. The van der Waals surface area contributed by atoms with Crippen LogP contribution in [0.2, 0.25) is 0 Å². The molecular formula is C17H22N4O2. The lowest BCUT2D eigenvalue weighted by atomic mass is 10.1. The highest BCUT2D eigenvalue weighted by Gasteiger charge is 2.31. The molecule has 0 fully saturated rings. The molecule has 122 valence electrons. The molecule has 3 rings (SSSR count). The Kier molecular flexibility index (Phi) is 4.43. The number of carbonyl (C=O) groups excluding carboxylic acids is 1. The van der Waals surface area contributed by atoms with E-state index < -0.39 is 0 Å². The molecule has 0 spiro atoms. The van der Waals surface area contributed by atoms with Gasteiger partial charge in [0.15, 0.2) is 5.82 Å². The van der Waals surface area contributed by atoms with Crippen molar-refractivity contribution >= 4 is 11.6 Å². The van der Waals surface area contributed by atoms with Crippen molar-refractivity contribution in [3.05, 3.63) is 41.5 Å². The van der Waals surface area contributed by atoms with E-state index in [1.54, 1.807) is 6.92 Å². The monoisotopic (exact) mass is 314 g/mol. The van der Waals surface area contributed by atoms with Crippen LogP contribution in [-0.2, 0) is 17.8 Å². The molecule has 1 aliphatic rings. The Balaban J connectivity index is 1.70. The number of nitrogens with zero attached hydrogens (tertiary/aromatic N) is 4. The highest BCUT2D eigenvalue weighted by molar-refractivity contribution is 5.97. The predicted molar refractivity (Wildman–Crippen MR) is 87.1 cm³/mol. The first-order valence-corrected chi connectivity index (χ1v) is 8.00. The fourth-order valence-electron chi connectivity index (χ4n) is 3.10. The number of aromatic nitrogens is 2. The number of aryl methyl sites for hydroxylation is 1. The minimum absolute atomic E-state index is 0.115. The third-order valence-electron chi connectivity index (χ3n) is 4.22. The molecule has 1 aromatic carbocycles. The molecule has 2 aromatic rings. The molecule has 1 aromatic heterocycles. The molecule has 2 heterocycles. The number of para-hydroxylation sites is 1. The average molecular weight is 314 g/mol. The number of fused-ring (bicyclic) bond motifs is 1. The number of hydrogen-bond acceptors (Lipinski definition) is 5. The summed E-state index contributed by atoms with van der Waals surface area (Å²) in [5.41, 5.74) is 2.28. The largest absolute Gasteiger partial charge is 0.340 e. The van der Waals surface area contributed by atoms with Crippen LogP contribution < -0.4 is 4.90 Å². The second-order valence-corrected chi connectivity index (χ2v) is 5.98. The summed E-state index contributed by atoms with van der Waals surface area (Å²) in [7, 11) is 0. The fourth-order valence-corrected chi connectivity index (χ4v) is 3.10. The zero-order valence-electron chi connectivity index (χ0n) is 13.8. The normalized spacial score (nSPS) is 16.9. The number of benzene rings is 1.